The minimum Gasteiger partial charge on any atom is -0.370 e. The first-order valence-electron chi connectivity index (χ1n) is 10.1. The maximum absolute atomic E-state index is 13.3. The van der Waals surface area contributed by atoms with Crippen molar-refractivity contribution in [3.8, 4) is 0 Å². The van der Waals surface area contributed by atoms with Crippen molar-refractivity contribution in [2.75, 3.05) is 29.9 Å². The normalized spacial score (nSPS) is 15.8. The largest absolute Gasteiger partial charge is 0.416 e. The number of amides is 3. The Labute approximate surface area is 182 Å². The van der Waals surface area contributed by atoms with Gasteiger partial charge in [0, 0.05) is 25.2 Å². The van der Waals surface area contributed by atoms with Gasteiger partial charge in [0.1, 0.15) is 0 Å². The number of anilines is 2. The predicted molar refractivity (Wildman–Crippen MR) is 113 cm³/mol. The third kappa shape index (κ3) is 3.86. The molecule has 0 radical (unpaired) electrons. The van der Waals surface area contributed by atoms with Crippen molar-refractivity contribution < 1.29 is 27.6 Å². The molecule has 32 heavy (non-hydrogen) atoms. The van der Waals surface area contributed by atoms with Crippen LogP contribution in [0.25, 0.3) is 0 Å². The van der Waals surface area contributed by atoms with Gasteiger partial charge < -0.3 is 10.2 Å². The van der Waals surface area contributed by atoms with Gasteiger partial charge in [0.2, 0.25) is 0 Å². The van der Waals surface area contributed by atoms with E-state index in [0.29, 0.717) is 18.8 Å². The first-order chi connectivity index (χ1) is 15.2. The van der Waals surface area contributed by atoms with Crippen LogP contribution in [0, 0.1) is 0 Å². The molecule has 3 amide bonds. The van der Waals surface area contributed by atoms with Crippen LogP contribution in [0.3, 0.4) is 0 Å². The van der Waals surface area contributed by atoms with Gasteiger partial charge in [0.05, 0.1) is 28.1 Å². The number of carbonyl (C=O) groups is 3. The van der Waals surface area contributed by atoms with Crippen LogP contribution in [-0.4, -0.2) is 42.3 Å². The molecule has 4 rings (SSSR count). The van der Waals surface area contributed by atoms with Crippen molar-refractivity contribution in [3.63, 3.8) is 0 Å². The fraction of sp³-hybridized carbons (Fsp3) is 0.261. The summed E-state index contributed by atoms with van der Waals surface area (Å²) in [4.78, 5) is 40.7. The molecule has 0 atom stereocenters. The topological polar surface area (TPSA) is 69.7 Å². The number of nitrogens with one attached hydrogen (secondary N) is 1. The maximum atomic E-state index is 13.3. The summed E-state index contributed by atoms with van der Waals surface area (Å²) in [5, 5.41) is 2.56. The number of hydrogen-bond acceptors (Lipinski definition) is 4. The summed E-state index contributed by atoms with van der Waals surface area (Å²) in [5.41, 5.74) is -0.00413. The second-order valence-electron chi connectivity index (χ2n) is 7.65. The van der Waals surface area contributed by atoms with E-state index in [1.807, 2.05) is 4.90 Å². The summed E-state index contributed by atoms with van der Waals surface area (Å²) in [5.74, 6) is -1.70. The molecule has 0 unspecified atom stereocenters. The lowest BCUT2D eigenvalue weighted by Crippen LogP contribution is -2.29. The zero-order chi connectivity index (χ0) is 23.0. The van der Waals surface area contributed by atoms with Crippen LogP contribution in [-0.2, 0) is 6.18 Å². The van der Waals surface area contributed by atoms with Crippen LogP contribution in [0.1, 0.15) is 49.5 Å². The standard InChI is InChI=1S/C23H20F3N3O3/c1-2-9-29-21(31)16-7-5-14(12-17(16)22(29)32)20(30)27-18-13-15(23(24,25)26)6-8-19(18)28-10-3-4-11-28/h2,5-8,12-13H,1,3-4,9-11H2,(H,27,30). The van der Waals surface area contributed by atoms with Gasteiger partial charge in [0.25, 0.3) is 17.7 Å². The third-order valence-corrected chi connectivity index (χ3v) is 5.56. The Morgan fingerprint density at radius 1 is 1.03 bits per heavy atom. The molecule has 1 N–H and O–H groups in total. The summed E-state index contributed by atoms with van der Waals surface area (Å²) in [6.07, 6.45) is -1.31. The van der Waals surface area contributed by atoms with Crippen LogP contribution < -0.4 is 10.2 Å². The zero-order valence-electron chi connectivity index (χ0n) is 17.0. The Bertz CT molecular complexity index is 1120. The van der Waals surface area contributed by atoms with Gasteiger partial charge in [-0.3, -0.25) is 19.3 Å². The van der Waals surface area contributed by atoms with Crippen LogP contribution in [0.4, 0.5) is 24.5 Å². The quantitative estimate of drug-likeness (QED) is 0.551. The van der Waals surface area contributed by atoms with Gasteiger partial charge in [-0.1, -0.05) is 6.08 Å². The zero-order valence-corrected chi connectivity index (χ0v) is 17.0. The Balaban J connectivity index is 1.65. The second kappa shape index (κ2) is 8.14. The Hall–Kier alpha value is -3.62. The van der Waals surface area contributed by atoms with Crippen LogP contribution >= 0.6 is 0 Å². The fourth-order valence-corrected chi connectivity index (χ4v) is 3.97. The van der Waals surface area contributed by atoms with E-state index in [1.54, 1.807) is 0 Å². The molecular formula is C23H20F3N3O3. The molecule has 1 saturated heterocycles. The minimum absolute atomic E-state index is 0.0390. The number of benzene rings is 2. The predicted octanol–water partition coefficient (Wildman–Crippen LogP) is 4.34. The highest BCUT2D eigenvalue weighted by atomic mass is 19.4. The number of halogens is 3. The van der Waals surface area contributed by atoms with Gasteiger partial charge in [0.15, 0.2) is 0 Å². The molecule has 166 valence electrons. The number of rotatable bonds is 5. The van der Waals surface area contributed by atoms with E-state index in [9.17, 15) is 27.6 Å². The highest BCUT2D eigenvalue weighted by Gasteiger charge is 2.35. The Morgan fingerprint density at radius 2 is 1.72 bits per heavy atom. The van der Waals surface area contributed by atoms with Gasteiger partial charge >= 0.3 is 6.18 Å². The molecule has 6 nitrogen and oxygen atoms in total. The van der Waals surface area contributed by atoms with E-state index in [2.05, 4.69) is 11.9 Å². The molecule has 2 aliphatic rings. The lowest BCUT2D eigenvalue weighted by molar-refractivity contribution is -0.137. The van der Waals surface area contributed by atoms with Gasteiger partial charge in [-0.25, -0.2) is 0 Å². The van der Waals surface area contributed by atoms with E-state index < -0.39 is 29.5 Å². The fourth-order valence-electron chi connectivity index (χ4n) is 3.97. The van der Waals surface area contributed by atoms with Crippen molar-refractivity contribution in [1.29, 1.82) is 0 Å². The molecule has 9 heteroatoms. The summed E-state index contributed by atoms with van der Waals surface area (Å²) in [6.45, 7) is 4.93. The van der Waals surface area contributed by atoms with Crippen molar-refractivity contribution in [1.82, 2.24) is 4.90 Å². The van der Waals surface area contributed by atoms with E-state index in [-0.39, 0.29) is 28.9 Å². The summed E-state index contributed by atoms with van der Waals surface area (Å²) in [6, 6.07) is 7.32. The molecule has 0 saturated carbocycles. The lowest BCUT2D eigenvalue weighted by atomic mass is 10.0. The number of hydrogen-bond donors (Lipinski definition) is 1. The number of fused-ring (bicyclic) bond motifs is 1. The van der Waals surface area contributed by atoms with Crippen LogP contribution in [0.15, 0.2) is 49.1 Å². The molecule has 0 bridgehead atoms. The lowest BCUT2D eigenvalue weighted by Gasteiger charge is -2.23. The molecule has 2 aliphatic heterocycles. The van der Waals surface area contributed by atoms with E-state index in [4.69, 9.17) is 0 Å². The minimum atomic E-state index is -4.56. The van der Waals surface area contributed by atoms with Gasteiger partial charge in [-0.15, -0.1) is 6.58 Å². The van der Waals surface area contributed by atoms with Crippen molar-refractivity contribution in [2.24, 2.45) is 0 Å². The number of alkyl halides is 3. The highest BCUT2D eigenvalue weighted by Crippen LogP contribution is 2.37. The van der Waals surface area contributed by atoms with Crippen molar-refractivity contribution in [2.45, 2.75) is 19.0 Å². The molecule has 2 aromatic rings. The Kier molecular flexibility index (Phi) is 5.50. The summed E-state index contributed by atoms with van der Waals surface area (Å²) < 4.78 is 39.8. The average molecular weight is 443 g/mol. The highest BCUT2D eigenvalue weighted by molar-refractivity contribution is 6.22. The number of nitrogens with zero attached hydrogens (tertiary/aromatic N) is 2. The van der Waals surface area contributed by atoms with E-state index in [1.165, 1.54) is 30.3 Å². The Morgan fingerprint density at radius 3 is 2.38 bits per heavy atom. The number of imide groups is 1. The monoisotopic (exact) mass is 443 g/mol. The van der Waals surface area contributed by atoms with Crippen LogP contribution in [0.5, 0.6) is 0 Å². The van der Waals surface area contributed by atoms with E-state index >= 15 is 0 Å². The molecular weight excluding hydrogens is 423 g/mol. The van der Waals surface area contributed by atoms with Gasteiger partial charge in [-0.2, -0.15) is 13.2 Å². The molecule has 1 fully saturated rings. The molecule has 0 aromatic heterocycles. The first kappa shape index (κ1) is 21.6. The second-order valence-corrected chi connectivity index (χ2v) is 7.65. The SMILES string of the molecule is C=CCN1C(=O)c2ccc(C(=O)Nc3cc(C(F)(F)F)ccc3N3CCCC3)cc2C1=O. The van der Waals surface area contributed by atoms with E-state index in [0.717, 1.165) is 29.9 Å². The molecule has 2 aromatic carbocycles. The van der Waals surface area contributed by atoms with Crippen molar-refractivity contribution in [3.05, 3.63) is 71.3 Å². The summed E-state index contributed by atoms with van der Waals surface area (Å²) >= 11 is 0. The molecule has 0 aliphatic carbocycles. The smallest absolute Gasteiger partial charge is 0.370 e. The number of carbonyl (C=O) groups excluding carboxylic acids is 3. The van der Waals surface area contributed by atoms with Crippen LogP contribution in [0.2, 0.25) is 0 Å². The maximum Gasteiger partial charge on any atom is 0.416 e. The average Bonchev–Trinajstić information content (AvgIpc) is 3.37. The summed E-state index contributed by atoms with van der Waals surface area (Å²) in [7, 11) is 0. The van der Waals surface area contributed by atoms with Crippen molar-refractivity contribution >= 4 is 29.1 Å². The molecule has 0 spiro atoms. The molecule has 2 heterocycles. The third-order valence-electron chi connectivity index (χ3n) is 5.56. The van der Waals surface area contributed by atoms with Gasteiger partial charge in [-0.05, 0) is 49.2 Å². The first-order valence-corrected chi connectivity index (χ1v) is 10.1.